The summed E-state index contributed by atoms with van der Waals surface area (Å²) in [5.74, 6) is -0.0549. The maximum absolute atomic E-state index is 12.1. The molecule has 0 bridgehead atoms. The summed E-state index contributed by atoms with van der Waals surface area (Å²) in [7, 11) is 0. The molecule has 0 unspecified atom stereocenters. The van der Waals surface area contributed by atoms with Crippen molar-refractivity contribution in [2.45, 2.75) is 0 Å². The zero-order chi connectivity index (χ0) is 11.0. The number of ketones is 1. The monoisotopic (exact) mass is 212 g/mol. The molecule has 78 valence electrons. The highest BCUT2D eigenvalue weighted by atomic mass is 17.0. The van der Waals surface area contributed by atoms with Gasteiger partial charge in [0.2, 0.25) is 11.2 Å². The lowest BCUT2D eigenvalue weighted by atomic mass is 10.0. The molecule has 3 rings (SSSR count). The van der Waals surface area contributed by atoms with Gasteiger partial charge in [-0.15, -0.1) is 0 Å². The summed E-state index contributed by atoms with van der Waals surface area (Å²) < 4.78 is 9.58. The minimum absolute atomic E-state index is 0.0549. The first-order valence-corrected chi connectivity index (χ1v) is 4.93. The predicted octanol–water partition coefficient (Wildman–Crippen LogP) is 3.26. The number of benzene rings is 2. The van der Waals surface area contributed by atoms with Crippen LogP contribution in [-0.4, -0.2) is 5.78 Å². The maximum atomic E-state index is 12.1. The van der Waals surface area contributed by atoms with Crippen LogP contribution < -0.4 is 0 Å². The Kier molecular flexibility index (Phi) is 1.90. The van der Waals surface area contributed by atoms with Crippen LogP contribution in [0, 0.1) is 0 Å². The molecule has 0 aliphatic carbocycles. The molecule has 0 N–H and O–H groups in total. The van der Waals surface area contributed by atoms with E-state index in [0.29, 0.717) is 22.3 Å². The smallest absolute Gasteiger partial charge is 0.236 e. The van der Waals surface area contributed by atoms with E-state index in [1.807, 2.05) is 18.2 Å². The van der Waals surface area contributed by atoms with Crippen LogP contribution >= 0.6 is 0 Å². The molecule has 0 saturated carbocycles. The number of fused-ring (bicyclic) bond motifs is 1. The first kappa shape index (κ1) is 8.97. The fourth-order valence-corrected chi connectivity index (χ4v) is 1.64. The Morgan fingerprint density at radius 1 is 0.875 bits per heavy atom. The van der Waals surface area contributed by atoms with Crippen LogP contribution in [0.4, 0.5) is 0 Å². The molecular formula is C13H8O3. The van der Waals surface area contributed by atoms with E-state index in [-0.39, 0.29) is 5.78 Å². The van der Waals surface area contributed by atoms with Gasteiger partial charge in [-0.25, -0.2) is 0 Å². The Labute approximate surface area is 91.2 Å². The average molecular weight is 212 g/mol. The Bertz CT molecular complexity index is 631. The van der Waals surface area contributed by atoms with Gasteiger partial charge in [0, 0.05) is 5.56 Å². The van der Waals surface area contributed by atoms with Crippen molar-refractivity contribution in [3.05, 3.63) is 59.7 Å². The normalized spacial score (nSPS) is 10.8. The zero-order valence-corrected chi connectivity index (χ0v) is 8.34. The molecule has 3 nitrogen and oxygen atoms in total. The second kappa shape index (κ2) is 3.38. The summed E-state index contributed by atoms with van der Waals surface area (Å²) in [4.78, 5) is 12.1. The fraction of sp³-hybridized carbons (Fsp3) is 0. The first-order chi connectivity index (χ1) is 7.86. The first-order valence-electron chi connectivity index (χ1n) is 4.93. The van der Waals surface area contributed by atoms with Crippen LogP contribution in [0.1, 0.15) is 15.9 Å². The zero-order valence-electron chi connectivity index (χ0n) is 8.34. The van der Waals surface area contributed by atoms with Gasteiger partial charge in [-0.05, 0) is 12.1 Å². The molecule has 3 aromatic rings. The average Bonchev–Trinajstić information content (AvgIpc) is 2.31. The number of hydrogen-bond acceptors (Lipinski definition) is 3. The van der Waals surface area contributed by atoms with Gasteiger partial charge in [0.15, 0.2) is 5.78 Å². The van der Waals surface area contributed by atoms with Crippen molar-refractivity contribution in [3.8, 4) is 0 Å². The molecule has 0 aliphatic heterocycles. The molecule has 0 saturated heterocycles. The molecule has 2 aromatic carbocycles. The summed E-state index contributed by atoms with van der Waals surface area (Å²) in [5, 5.41) is 0. The quantitative estimate of drug-likeness (QED) is 0.483. The van der Waals surface area contributed by atoms with Crippen molar-refractivity contribution in [2.24, 2.45) is 0 Å². The molecule has 3 heteroatoms. The van der Waals surface area contributed by atoms with Gasteiger partial charge in [-0.1, -0.05) is 36.4 Å². The summed E-state index contributed by atoms with van der Waals surface area (Å²) in [5.41, 5.74) is 2.32. The van der Waals surface area contributed by atoms with Crippen molar-refractivity contribution in [3.63, 3.8) is 0 Å². The standard InChI is InChI=1S/C13H8O3/c14-12(9-5-2-1-3-6-9)10-7-4-8-11-13(10)16-15-11/h1-8H. The van der Waals surface area contributed by atoms with Gasteiger partial charge in [0.05, 0.1) is 5.56 Å². The van der Waals surface area contributed by atoms with Gasteiger partial charge in [0.25, 0.3) is 0 Å². The summed E-state index contributed by atoms with van der Waals surface area (Å²) in [6.45, 7) is 0. The highest BCUT2D eigenvalue weighted by Gasteiger charge is 2.17. The molecule has 16 heavy (non-hydrogen) atoms. The number of para-hydroxylation sites is 1. The number of hydrogen-bond donors (Lipinski definition) is 0. The molecular weight excluding hydrogens is 204 g/mol. The van der Waals surface area contributed by atoms with Gasteiger partial charge >= 0.3 is 0 Å². The van der Waals surface area contributed by atoms with Crippen LogP contribution in [0.5, 0.6) is 0 Å². The third-order valence-electron chi connectivity index (χ3n) is 2.47. The van der Waals surface area contributed by atoms with Crippen LogP contribution in [-0.2, 0) is 0 Å². The highest BCUT2D eigenvalue weighted by Crippen LogP contribution is 2.24. The third kappa shape index (κ3) is 1.26. The Hall–Kier alpha value is -2.29. The summed E-state index contributed by atoms with van der Waals surface area (Å²) >= 11 is 0. The van der Waals surface area contributed by atoms with Crippen LogP contribution in [0.25, 0.3) is 11.2 Å². The topological polar surface area (TPSA) is 43.4 Å². The van der Waals surface area contributed by atoms with Crippen LogP contribution in [0.15, 0.2) is 57.7 Å². The van der Waals surface area contributed by atoms with Crippen molar-refractivity contribution >= 4 is 16.9 Å². The Balaban J connectivity index is 2.11. The van der Waals surface area contributed by atoms with E-state index >= 15 is 0 Å². The van der Waals surface area contributed by atoms with Crippen molar-refractivity contribution < 1.29 is 13.9 Å². The van der Waals surface area contributed by atoms with Crippen LogP contribution in [0.3, 0.4) is 0 Å². The molecule has 0 fully saturated rings. The molecule has 0 atom stereocenters. The predicted molar refractivity (Wildman–Crippen MR) is 58.4 cm³/mol. The van der Waals surface area contributed by atoms with E-state index in [2.05, 4.69) is 0 Å². The van der Waals surface area contributed by atoms with Gasteiger partial charge in [-0.2, -0.15) is 0 Å². The van der Waals surface area contributed by atoms with E-state index in [0.717, 1.165) is 0 Å². The largest absolute Gasteiger partial charge is 0.288 e. The van der Waals surface area contributed by atoms with Gasteiger partial charge < -0.3 is 0 Å². The molecule has 0 aliphatic rings. The van der Waals surface area contributed by atoms with Crippen molar-refractivity contribution in [1.82, 2.24) is 0 Å². The molecule has 0 spiro atoms. The van der Waals surface area contributed by atoms with E-state index in [1.165, 1.54) is 0 Å². The molecule has 1 aromatic heterocycles. The second-order valence-corrected chi connectivity index (χ2v) is 3.49. The van der Waals surface area contributed by atoms with E-state index in [9.17, 15) is 4.79 Å². The number of carbonyl (C=O) groups is 1. The molecule has 0 amide bonds. The van der Waals surface area contributed by atoms with E-state index in [1.54, 1.807) is 30.3 Å². The highest BCUT2D eigenvalue weighted by molar-refractivity contribution is 6.14. The second-order valence-electron chi connectivity index (χ2n) is 3.49. The lowest BCUT2D eigenvalue weighted by molar-refractivity contribution is 0.0577. The van der Waals surface area contributed by atoms with E-state index in [4.69, 9.17) is 9.15 Å². The van der Waals surface area contributed by atoms with Crippen molar-refractivity contribution in [1.29, 1.82) is 0 Å². The molecule has 0 radical (unpaired) electrons. The van der Waals surface area contributed by atoms with Crippen LogP contribution in [0.2, 0.25) is 0 Å². The lowest BCUT2D eigenvalue weighted by Crippen LogP contribution is -2.02. The van der Waals surface area contributed by atoms with E-state index < -0.39 is 0 Å². The third-order valence-corrected chi connectivity index (χ3v) is 2.47. The number of carbonyl (C=O) groups excluding carboxylic acids is 1. The fourth-order valence-electron chi connectivity index (χ4n) is 1.64. The van der Waals surface area contributed by atoms with Gasteiger partial charge in [0.1, 0.15) is 0 Å². The summed E-state index contributed by atoms with van der Waals surface area (Å²) in [6.07, 6.45) is 0. The number of rotatable bonds is 2. The minimum Gasteiger partial charge on any atom is -0.288 e. The Morgan fingerprint density at radius 3 is 2.38 bits per heavy atom. The molecule has 1 heterocycles. The SMILES string of the molecule is O=C(c1ccccc1)c1cccc2ooc12. The maximum Gasteiger partial charge on any atom is 0.236 e. The lowest BCUT2D eigenvalue weighted by Gasteiger charge is -2.04. The minimum atomic E-state index is -0.0549. The summed E-state index contributed by atoms with van der Waals surface area (Å²) in [6, 6.07) is 14.4. The van der Waals surface area contributed by atoms with Crippen molar-refractivity contribution in [2.75, 3.05) is 0 Å². The Morgan fingerprint density at radius 2 is 1.69 bits per heavy atom. The van der Waals surface area contributed by atoms with Gasteiger partial charge in [-0.3, -0.25) is 13.9 Å².